The molecule has 0 fully saturated rings. The number of urea groups is 1. The number of carbonyl (C=O) groups excluding carboxylic acids is 1. The van der Waals surface area contributed by atoms with Gasteiger partial charge in [0.05, 0.1) is 11.3 Å². The number of amides is 2. The summed E-state index contributed by atoms with van der Waals surface area (Å²) in [6.07, 6.45) is 0.564. The lowest BCUT2D eigenvalue weighted by molar-refractivity contribution is -0.137. The summed E-state index contributed by atoms with van der Waals surface area (Å²) >= 11 is 0. The molecule has 2 N–H and O–H groups in total. The van der Waals surface area contributed by atoms with E-state index in [1.54, 1.807) is 24.7 Å². The number of carbonyl (C=O) groups is 1. The van der Waals surface area contributed by atoms with Gasteiger partial charge in [-0.25, -0.2) is 4.79 Å². The summed E-state index contributed by atoms with van der Waals surface area (Å²) in [4.78, 5) is 20.2. The van der Waals surface area contributed by atoms with Crippen LogP contribution >= 0.6 is 0 Å². The number of halogens is 3. The van der Waals surface area contributed by atoms with Crippen molar-refractivity contribution in [3.63, 3.8) is 0 Å². The zero-order valence-corrected chi connectivity index (χ0v) is 14.0. The summed E-state index contributed by atoms with van der Waals surface area (Å²) in [5.74, 6) is 0. The molecular formula is C19H15F3N4O. The van der Waals surface area contributed by atoms with Gasteiger partial charge < -0.3 is 10.6 Å². The van der Waals surface area contributed by atoms with Crippen LogP contribution in [-0.4, -0.2) is 16.0 Å². The van der Waals surface area contributed by atoms with Crippen molar-refractivity contribution in [2.45, 2.75) is 12.7 Å². The number of benzene rings is 1. The van der Waals surface area contributed by atoms with Crippen LogP contribution in [0.2, 0.25) is 0 Å². The van der Waals surface area contributed by atoms with Crippen molar-refractivity contribution in [1.29, 1.82) is 0 Å². The van der Waals surface area contributed by atoms with E-state index in [1.165, 1.54) is 12.1 Å². The fraction of sp³-hybridized carbons (Fsp3) is 0.105. The molecule has 0 atom stereocenters. The molecule has 5 nitrogen and oxygen atoms in total. The normalized spacial score (nSPS) is 11.1. The van der Waals surface area contributed by atoms with E-state index < -0.39 is 17.8 Å². The monoisotopic (exact) mass is 372 g/mol. The number of nitrogens with one attached hydrogen (secondary N) is 2. The Morgan fingerprint density at radius 2 is 1.67 bits per heavy atom. The predicted octanol–water partition coefficient (Wildman–Crippen LogP) is 4.48. The standard InChI is InChI=1S/C19H15F3N4O/c20-19(21,22)15-1-3-16(4-2-15)26-18(27)25-12-13-5-10-24-17(11-13)14-6-8-23-9-7-14/h1-11H,12H2,(H2,25,26,27). The molecule has 0 saturated carbocycles. The van der Waals surface area contributed by atoms with Crippen LogP contribution < -0.4 is 10.6 Å². The van der Waals surface area contributed by atoms with Gasteiger partial charge in [-0.15, -0.1) is 0 Å². The summed E-state index contributed by atoms with van der Waals surface area (Å²) in [5, 5.41) is 5.15. The lowest BCUT2D eigenvalue weighted by Crippen LogP contribution is -2.28. The van der Waals surface area contributed by atoms with Gasteiger partial charge in [-0.05, 0) is 54.1 Å². The molecule has 0 aliphatic heterocycles. The zero-order chi connectivity index (χ0) is 19.3. The van der Waals surface area contributed by atoms with Crippen LogP contribution in [0.1, 0.15) is 11.1 Å². The van der Waals surface area contributed by atoms with Gasteiger partial charge in [0.1, 0.15) is 0 Å². The maximum Gasteiger partial charge on any atom is 0.416 e. The molecule has 1 aromatic carbocycles. The molecule has 27 heavy (non-hydrogen) atoms. The Hall–Kier alpha value is -3.42. The number of rotatable bonds is 4. The van der Waals surface area contributed by atoms with Gasteiger partial charge in [0.15, 0.2) is 0 Å². The molecule has 2 heterocycles. The van der Waals surface area contributed by atoms with E-state index in [2.05, 4.69) is 20.6 Å². The van der Waals surface area contributed by atoms with Crippen molar-refractivity contribution in [3.05, 3.63) is 78.2 Å². The molecule has 3 rings (SSSR count). The lowest BCUT2D eigenvalue weighted by Gasteiger charge is -2.10. The molecule has 0 aliphatic rings. The fourth-order valence-corrected chi connectivity index (χ4v) is 2.36. The number of anilines is 1. The molecule has 0 saturated heterocycles. The van der Waals surface area contributed by atoms with E-state index in [0.29, 0.717) is 0 Å². The second-order valence-electron chi connectivity index (χ2n) is 5.67. The largest absolute Gasteiger partial charge is 0.416 e. The number of aromatic nitrogens is 2. The first kappa shape index (κ1) is 18.4. The van der Waals surface area contributed by atoms with Crippen molar-refractivity contribution in [3.8, 4) is 11.3 Å². The number of alkyl halides is 3. The van der Waals surface area contributed by atoms with Gasteiger partial charge in [-0.2, -0.15) is 13.2 Å². The molecule has 0 spiro atoms. The average Bonchev–Trinajstić information content (AvgIpc) is 2.67. The third-order valence-corrected chi connectivity index (χ3v) is 3.72. The number of nitrogens with zero attached hydrogens (tertiary/aromatic N) is 2. The number of pyridine rings is 2. The highest BCUT2D eigenvalue weighted by Crippen LogP contribution is 2.29. The van der Waals surface area contributed by atoms with Crippen molar-refractivity contribution in [1.82, 2.24) is 15.3 Å². The van der Waals surface area contributed by atoms with Crippen LogP contribution in [0.25, 0.3) is 11.3 Å². The Morgan fingerprint density at radius 1 is 0.963 bits per heavy atom. The summed E-state index contributed by atoms with van der Waals surface area (Å²) in [5.41, 5.74) is 1.99. The molecule has 2 aromatic heterocycles. The Bertz CT molecular complexity index is 912. The number of hydrogen-bond acceptors (Lipinski definition) is 3. The predicted molar refractivity (Wildman–Crippen MR) is 94.8 cm³/mol. The Labute approximate surface area is 153 Å². The van der Waals surface area contributed by atoms with Crippen LogP contribution in [0, 0.1) is 0 Å². The summed E-state index contributed by atoms with van der Waals surface area (Å²) in [7, 11) is 0. The third-order valence-electron chi connectivity index (χ3n) is 3.72. The van der Waals surface area contributed by atoms with Crippen LogP contribution in [-0.2, 0) is 12.7 Å². The topological polar surface area (TPSA) is 66.9 Å². The van der Waals surface area contributed by atoms with Gasteiger partial charge in [-0.3, -0.25) is 9.97 Å². The minimum absolute atomic E-state index is 0.243. The Morgan fingerprint density at radius 3 is 2.33 bits per heavy atom. The second-order valence-corrected chi connectivity index (χ2v) is 5.67. The van der Waals surface area contributed by atoms with Gasteiger partial charge in [0.25, 0.3) is 0 Å². The third kappa shape index (κ3) is 5.04. The molecule has 8 heteroatoms. The molecule has 138 valence electrons. The van der Waals surface area contributed by atoms with Crippen molar-refractivity contribution >= 4 is 11.7 Å². The quantitative estimate of drug-likeness (QED) is 0.709. The van der Waals surface area contributed by atoms with E-state index in [1.807, 2.05) is 18.2 Å². The van der Waals surface area contributed by atoms with Gasteiger partial charge in [0, 0.05) is 36.4 Å². The average molecular weight is 372 g/mol. The van der Waals surface area contributed by atoms with E-state index in [-0.39, 0.29) is 12.2 Å². The van der Waals surface area contributed by atoms with Crippen LogP contribution in [0.4, 0.5) is 23.7 Å². The molecule has 2 amide bonds. The first-order valence-electron chi connectivity index (χ1n) is 7.99. The summed E-state index contributed by atoms with van der Waals surface area (Å²) in [6.45, 7) is 0.243. The second kappa shape index (κ2) is 7.86. The maximum atomic E-state index is 12.5. The summed E-state index contributed by atoms with van der Waals surface area (Å²) in [6, 6.07) is 11.0. The van der Waals surface area contributed by atoms with Crippen molar-refractivity contribution in [2.24, 2.45) is 0 Å². The lowest BCUT2D eigenvalue weighted by atomic mass is 10.1. The molecule has 0 radical (unpaired) electrons. The molecule has 3 aromatic rings. The molecule has 0 unspecified atom stereocenters. The maximum absolute atomic E-state index is 12.5. The molecule has 0 aliphatic carbocycles. The highest BCUT2D eigenvalue weighted by Gasteiger charge is 2.29. The number of hydrogen-bond donors (Lipinski definition) is 2. The smallest absolute Gasteiger partial charge is 0.334 e. The fourth-order valence-electron chi connectivity index (χ4n) is 2.36. The van der Waals surface area contributed by atoms with Crippen molar-refractivity contribution < 1.29 is 18.0 Å². The van der Waals surface area contributed by atoms with E-state index >= 15 is 0 Å². The minimum atomic E-state index is -4.41. The highest BCUT2D eigenvalue weighted by molar-refractivity contribution is 5.89. The highest BCUT2D eigenvalue weighted by atomic mass is 19.4. The first-order valence-corrected chi connectivity index (χ1v) is 7.99. The van der Waals surface area contributed by atoms with Crippen LogP contribution in [0.5, 0.6) is 0 Å². The van der Waals surface area contributed by atoms with Crippen molar-refractivity contribution in [2.75, 3.05) is 5.32 Å². The van der Waals surface area contributed by atoms with E-state index in [0.717, 1.165) is 29.0 Å². The molecule has 0 bridgehead atoms. The van der Waals surface area contributed by atoms with Gasteiger partial charge in [0.2, 0.25) is 0 Å². The first-order chi connectivity index (χ1) is 12.9. The Balaban J connectivity index is 1.58. The van der Waals surface area contributed by atoms with Gasteiger partial charge in [-0.1, -0.05) is 0 Å². The van der Waals surface area contributed by atoms with E-state index in [4.69, 9.17) is 0 Å². The van der Waals surface area contributed by atoms with E-state index in [9.17, 15) is 18.0 Å². The minimum Gasteiger partial charge on any atom is -0.334 e. The SMILES string of the molecule is O=C(NCc1ccnc(-c2ccncc2)c1)Nc1ccc(C(F)(F)F)cc1. The van der Waals surface area contributed by atoms with Gasteiger partial charge >= 0.3 is 12.2 Å². The Kier molecular flexibility index (Phi) is 5.35. The van der Waals surface area contributed by atoms with Crippen LogP contribution in [0.3, 0.4) is 0 Å². The zero-order valence-electron chi connectivity index (χ0n) is 14.0. The molecular weight excluding hydrogens is 357 g/mol. The van der Waals surface area contributed by atoms with Crippen LogP contribution in [0.15, 0.2) is 67.1 Å². The summed E-state index contributed by atoms with van der Waals surface area (Å²) < 4.78 is 37.6.